The molecule has 1 aromatic rings. The summed E-state index contributed by atoms with van der Waals surface area (Å²) in [7, 11) is 0. The molecule has 3 heteroatoms. The van der Waals surface area contributed by atoms with Crippen LogP contribution in [0.1, 0.15) is 45.6 Å². The lowest BCUT2D eigenvalue weighted by atomic mass is 9.66. The van der Waals surface area contributed by atoms with E-state index >= 15 is 0 Å². The molecule has 0 bridgehead atoms. The van der Waals surface area contributed by atoms with Gasteiger partial charge in [-0.25, -0.2) is 4.39 Å². The lowest BCUT2D eigenvalue weighted by molar-refractivity contribution is 0.146. The molecular weight excluding hydrogens is 383 g/mol. The Kier molecular flexibility index (Phi) is 5.34. The van der Waals surface area contributed by atoms with Crippen molar-refractivity contribution in [2.24, 2.45) is 17.3 Å². The summed E-state index contributed by atoms with van der Waals surface area (Å²) in [5.41, 5.74) is 1.25. The number of hydrogen-bond acceptors (Lipinski definition) is 0. The molecule has 20 heavy (non-hydrogen) atoms. The molecule has 1 aliphatic carbocycles. The van der Waals surface area contributed by atoms with Crippen molar-refractivity contribution in [3.8, 4) is 0 Å². The van der Waals surface area contributed by atoms with Gasteiger partial charge in [0.2, 0.25) is 0 Å². The SMILES string of the molecule is CC1CCC(C(C)(C)Cc2cc(F)ccc2Br)C(Br)C1. The first-order chi connectivity index (χ1) is 9.29. The summed E-state index contributed by atoms with van der Waals surface area (Å²) < 4.78 is 14.5. The molecule has 0 aliphatic heterocycles. The summed E-state index contributed by atoms with van der Waals surface area (Å²) >= 11 is 7.44. The Morgan fingerprint density at radius 1 is 1.30 bits per heavy atom. The van der Waals surface area contributed by atoms with Gasteiger partial charge in [0.1, 0.15) is 5.82 Å². The fourth-order valence-electron chi connectivity index (χ4n) is 3.49. The Morgan fingerprint density at radius 3 is 2.65 bits per heavy atom. The first-order valence-corrected chi connectivity index (χ1v) is 9.08. The van der Waals surface area contributed by atoms with Crippen molar-refractivity contribution in [3.05, 3.63) is 34.1 Å². The van der Waals surface area contributed by atoms with Gasteiger partial charge in [0.15, 0.2) is 0 Å². The Bertz CT molecular complexity index is 470. The molecule has 0 saturated heterocycles. The van der Waals surface area contributed by atoms with E-state index in [1.54, 1.807) is 6.07 Å². The molecule has 0 amide bonds. The van der Waals surface area contributed by atoms with Crippen molar-refractivity contribution < 1.29 is 4.39 Å². The van der Waals surface area contributed by atoms with E-state index in [9.17, 15) is 4.39 Å². The summed E-state index contributed by atoms with van der Waals surface area (Å²) in [5, 5.41) is 0. The summed E-state index contributed by atoms with van der Waals surface area (Å²) in [6.45, 7) is 6.97. The third-order valence-corrected chi connectivity index (χ3v) is 6.48. The minimum Gasteiger partial charge on any atom is -0.207 e. The lowest BCUT2D eigenvalue weighted by Gasteiger charge is -2.42. The molecule has 112 valence electrons. The van der Waals surface area contributed by atoms with Gasteiger partial charge in [0.05, 0.1) is 0 Å². The maximum atomic E-state index is 13.5. The monoisotopic (exact) mass is 404 g/mol. The molecule has 0 heterocycles. The van der Waals surface area contributed by atoms with Crippen molar-refractivity contribution in [1.82, 2.24) is 0 Å². The topological polar surface area (TPSA) is 0 Å². The van der Waals surface area contributed by atoms with Crippen LogP contribution in [0.4, 0.5) is 4.39 Å². The number of halogens is 3. The predicted molar refractivity (Wildman–Crippen MR) is 90.8 cm³/mol. The zero-order chi connectivity index (χ0) is 14.9. The van der Waals surface area contributed by atoms with Crippen molar-refractivity contribution in [2.75, 3.05) is 0 Å². The summed E-state index contributed by atoms with van der Waals surface area (Å²) in [6.07, 6.45) is 4.72. The van der Waals surface area contributed by atoms with Gasteiger partial charge in [0.25, 0.3) is 0 Å². The van der Waals surface area contributed by atoms with E-state index in [4.69, 9.17) is 0 Å². The van der Waals surface area contributed by atoms with E-state index in [0.717, 1.165) is 22.4 Å². The number of alkyl halides is 1. The molecule has 0 radical (unpaired) electrons. The molecule has 2 rings (SSSR count). The van der Waals surface area contributed by atoms with E-state index in [-0.39, 0.29) is 11.2 Å². The van der Waals surface area contributed by atoms with Crippen LogP contribution in [0.3, 0.4) is 0 Å². The minimum atomic E-state index is -0.147. The maximum absolute atomic E-state index is 13.5. The van der Waals surface area contributed by atoms with Crippen molar-refractivity contribution in [1.29, 1.82) is 0 Å². The first kappa shape index (κ1) is 16.5. The van der Waals surface area contributed by atoms with E-state index in [1.807, 2.05) is 6.07 Å². The van der Waals surface area contributed by atoms with Gasteiger partial charge < -0.3 is 0 Å². The maximum Gasteiger partial charge on any atom is 0.123 e. The molecule has 1 saturated carbocycles. The van der Waals surface area contributed by atoms with Crippen LogP contribution >= 0.6 is 31.9 Å². The lowest BCUT2D eigenvalue weighted by Crippen LogP contribution is -2.37. The number of benzene rings is 1. The third kappa shape index (κ3) is 3.85. The molecule has 1 aromatic carbocycles. The van der Waals surface area contributed by atoms with Gasteiger partial charge in [0, 0.05) is 9.30 Å². The van der Waals surface area contributed by atoms with Gasteiger partial charge in [-0.2, -0.15) is 0 Å². The summed E-state index contributed by atoms with van der Waals surface area (Å²) in [4.78, 5) is 0.577. The van der Waals surface area contributed by atoms with Crippen LogP contribution in [0.15, 0.2) is 22.7 Å². The average Bonchev–Trinajstić information content (AvgIpc) is 2.33. The predicted octanol–water partition coefficient (Wildman–Crippen LogP) is 6.36. The van der Waals surface area contributed by atoms with Crippen LogP contribution in [-0.4, -0.2) is 4.83 Å². The average molecular weight is 406 g/mol. The molecule has 1 fully saturated rings. The van der Waals surface area contributed by atoms with Crippen LogP contribution in [0.5, 0.6) is 0 Å². The Hall–Kier alpha value is 0.110. The second kappa shape index (κ2) is 6.48. The Morgan fingerprint density at radius 2 is 2.00 bits per heavy atom. The van der Waals surface area contributed by atoms with E-state index < -0.39 is 0 Å². The van der Waals surface area contributed by atoms with Gasteiger partial charge in [-0.05, 0) is 60.3 Å². The quantitative estimate of drug-likeness (QED) is 0.513. The van der Waals surface area contributed by atoms with Crippen LogP contribution in [0.2, 0.25) is 0 Å². The fraction of sp³-hybridized carbons (Fsp3) is 0.647. The molecule has 0 N–H and O–H groups in total. The fourth-order valence-corrected chi connectivity index (χ4v) is 5.50. The van der Waals surface area contributed by atoms with Crippen LogP contribution in [-0.2, 0) is 6.42 Å². The van der Waals surface area contributed by atoms with Gasteiger partial charge in [-0.1, -0.05) is 59.1 Å². The van der Waals surface area contributed by atoms with Gasteiger partial charge in [-0.3, -0.25) is 0 Å². The minimum absolute atomic E-state index is 0.147. The highest BCUT2D eigenvalue weighted by atomic mass is 79.9. The van der Waals surface area contributed by atoms with E-state index in [0.29, 0.717) is 10.7 Å². The Labute approximate surface area is 138 Å². The largest absolute Gasteiger partial charge is 0.207 e. The molecule has 0 aromatic heterocycles. The highest BCUT2D eigenvalue weighted by molar-refractivity contribution is 9.10. The smallest absolute Gasteiger partial charge is 0.123 e. The first-order valence-electron chi connectivity index (χ1n) is 7.37. The second-order valence-electron chi connectivity index (χ2n) is 6.94. The van der Waals surface area contributed by atoms with Crippen molar-refractivity contribution in [2.45, 2.75) is 51.3 Å². The van der Waals surface area contributed by atoms with Crippen LogP contribution in [0, 0.1) is 23.1 Å². The third-order valence-electron chi connectivity index (χ3n) is 4.69. The molecule has 0 spiro atoms. The number of hydrogen-bond donors (Lipinski definition) is 0. The molecule has 1 aliphatic rings. The zero-order valence-corrected chi connectivity index (χ0v) is 15.6. The van der Waals surface area contributed by atoms with Crippen LogP contribution < -0.4 is 0 Å². The van der Waals surface area contributed by atoms with Crippen molar-refractivity contribution in [3.63, 3.8) is 0 Å². The standard InChI is InChI=1S/C17H23Br2F/c1-11-4-6-14(16(19)8-11)17(2,3)10-12-9-13(20)5-7-15(12)18/h5,7,9,11,14,16H,4,6,8,10H2,1-3H3. The Balaban J connectivity index is 2.16. The zero-order valence-electron chi connectivity index (χ0n) is 12.4. The van der Waals surface area contributed by atoms with Crippen molar-refractivity contribution >= 4 is 31.9 Å². The summed E-state index contributed by atoms with van der Waals surface area (Å²) in [6, 6.07) is 4.99. The van der Waals surface area contributed by atoms with Gasteiger partial charge >= 0.3 is 0 Å². The molecule has 3 atom stereocenters. The van der Waals surface area contributed by atoms with Gasteiger partial charge in [-0.15, -0.1) is 0 Å². The van der Waals surface area contributed by atoms with E-state index in [2.05, 4.69) is 52.6 Å². The highest BCUT2D eigenvalue weighted by Crippen LogP contribution is 2.45. The number of rotatable bonds is 3. The van der Waals surface area contributed by atoms with Crippen LogP contribution in [0.25, 0.3) is 0 Å². The molecule has 3 unspecified atom stereocenters. The normalized spacial score (nSPS) is 27.6. The summed E-state index contributed by atoms with van der Waals surface area (Å²) in [5.74, 6) is 1.31. The molecule has 0 nitrogen and oxygen atoms in total. The van der Waals surface area contributed by atoms with E-state index in [1.165, 1.54) is 25.3 Å². The molecular formula is C17H23Br2F. The second-order valence-corrected chi connectivity index (χ2v) is 8.97. The highest BCUT2D eigenvalue weighted by Gasteiger charge is 2.38.